The summed E-state index contributed by atoms with van der Waals surface area (Å²) in [5.41, 5.74) is -0.488. The van der Waals surface area contributed by atoms with E-state index in [2.05, 4.69) is 0 Å². The first-order chi connectivity index (χ1) is 8.29. The van der Waals surface area contributed by atoms with Crippen molar-refractivity contribution in [2.75, 3.05) is 18.1 Å². The van der Waals surface area contributed by atoms with Gasteiger partial charge in [0.05, 0.1) is 5.75 Å². The molecule has 6 heteroatoms. The van der Waals surface area contributed by atoms with Crippen LogP contribution in [0.3, 0.4) is 0 Å². The molecule has 1 atom stereocenters. The van der Waals surface area contributed by atoms with Crippen molar-refractivity contribution >= 4 is 23.8 Å². The Bertz CT molecular complexity index is 314. The average molecular weight is 275 g/mol. The van der Waals surface area contributed by atoms with Gasteiger partial charge in [-0.2, -0.15) is 0 Å². The highest BCUT2D eigenvalue weighted by Gasteiger charge is 2.31. The summed E-state index contributed by atoms with van der Waals surface area (Å²) in [6, 6.07) is 0.101. The van der Waals surface area contributed by atoms with Crippen LogP contribution in [0, 0.1) is 0 Å². The molecule has 1 rings (SSSR count). The molecule has 0 aromatic heterocycles. The smallest absolute Gasteiger partial charge is 0.410 e. The standard InChI is InChI=1S/C12H21NO4S/c1-12(2,3)17-11(16)13-6-4-5-9(13)7-18-8-10(14)15/h9H,4-8H2,1-3H3,(H,14,15)/t9-/m1/s1. The molecule has 0 aromatic rings. The molecule has 0 bridgehead atoms. The van der Waals surface area contributed by atoms with Crippen LogP contribution in [0.2, 0.25) is 0 Å². The highest BCUT2D eigenvalue weighted by atomic mass is 32.2. The molecule has 18 heavy (non-hydrogen) atoms. The van der Waals surface area contributed by atoms with Crippen molar-refractivity contribution in [3.63, 3.8) is 0 Å². The number of thioether (sulfide) groups is 1. The number of carbonyl (C=O) groups excluding carboxylic acids is 1. The fourth-order valence-electron chi connectivity index (χ4n) is 1.85. The summed E-state index contributed by atoms with van der Waals surface area (Å²) in [5, 5.41) is 8.59. The molecule has 0 spiro atoms. The first-order valence-electron chi connectivity index (χ1n) is 6.09. The van der Waals surface area contributed by atoms with Crippen molar-refractivity contribution in [3.05, 3.63) is 0 Å². The van der Waals surface area contributed by atoms with Gasteiger partial charge in [0, 0.05) is 18.3 Å². The normalized spacial score (nSPS) is 19.9. The van der Waals surface area contributed by atoms with E-state index in [1.807, 2.05) is 20.8 Å². The lowest BCUT2D eigenvalue weighted by molar-refractivity contribution is -0.133. The Morgan fingerprint density at radius 3 is 2.67 bits per heavy atom. The van der Waals surface area contributed by atoms with Gasteiger partial charge >= 0.3 is 12.1 Å². The van der Waals surface area contributed by atoms with Gasteiger partial charge in [-0.3, -0.25) is 4.79 Å². The molecule has 0 saturated carbocycles. The number of ether oxygens (including phenoxy) is 1. The van der Waals surface area contributed by atoms with E-state index in [1.165, 1.54) is 11.8 Å². The zero-order chi connectivity index (χ0) is 13.8. The second-order valence-electron chi connectivity index (χ2n) is 5.38. The fourth-order valence-corrected chi connectivity index (χ4v) is 2.76. The quantitative estimate of drug-likeness (QED) is 0.852. The topological polar surface area (TPSA) is 66.8 Å². The summed E-state index contributed by atoms with van der Waals surface area (Å²) < 4.78 is 5.34. The first kappa shape index (κ1) is 15.1. The second-order valence-corrected chi connectivity index (χ2v) is 6.41. The molecule has 0 aromatic carbocycles. The molecule has 104 valence electrons. The van der Waals surface area contributed by atoms with Gasteiger partial charge in [-0.15, -0.1) is 11.8 Å². The lowest BCUT2D eigenvalue weighted by Crippen LogP contribution is -2.40. The number of amides is 1. The summed E-state index contributed by atoms with van der Waals surface area (Å²) in [5.74, 6) is -0.0775. The van der Waals surface area contributed by atoms with Crippen molar-refractivity contribution in [3.8, 4) is 0 Å². The molecular formula is C12H21NO4S. The van der Waals surface area contributed by atoms with Gasteiger partial charge < -0.3 is 14.7 Å². The predicted molar refractivity (Wildman–Crippen MR) is 70.9 cm³/mol. The maximum atomic E-state index is 11.9. The van der Waals surface area contributed by atoms with Crippen LogP contribution in [-0.2, 0) is 9.53 Å². The Morgan fingerprint density at radius 2 is 2.11 bits per heavy atom. The molecular weight excluding hydrogens is 254 g/mol. The van der Waals surface area contributed by atoms with E-state index in [9.17, 15) is 9.59 Å². The zero-order valence-electron chi connectivity index (χ0n) is 11.1. The number of hydrogen-bond donors (Lipinski definition) is 1. The van der Waals surface area contributed by atoms with E-state index in [4.69, 9.17) is 9.84 Å². The molecule has 0 aliphatic carbocycles. The number of likely N-dealkylation sites (tertiary alicyclic amines) is 1. The summed E-state index contributed by atoms with van der Waals surface area (Å²) >= 11 is 1.35. The lowest BCUT2D eigenvalue weighted by atomic mass is 10.2. The molecule has 1 aliphatic rings. The number of hydrogen-bond acceptors (Lipinski definition) is 4. The van der Waals surface area contributed by atoms with E-state index in [0.717, 1.165) is 12.8 Å². The number of carboxylic acids is 1. The van der Waals surface area contributed by atoms with Crippen molar-refractivity contribution in [2.45, 2.75) is 45.3 Å². The Labute approximate surface area is 112 Å². The van der Waals surface area contributed by atoms with E-state index in [0.29, 0.717) is 12.3 Å². The number of carboxylic acid groups (broad SMARTS) is 1. The van der Waals surface area contributed by atoms with Crippen LogP contribution in [0.25, 0.3) is 0 Å². The van der Waals surface area contributed by atoms with Gasteiger partial charge in [0.25, 0.3) is 0 Å². The molecule has 1 fully saturated rings. The van der Waals surface area contributed by atoms with Crippen molar-refractivity contribution in [2.24, 2.45) is 0 Å². The van der Waals surface area contributed by atoms with Crippen LogP contribution in [0.5, 0.6) is 0 Å². The number of aliphatic carboxylic acids is 1. The van der Waals surface area contributed by atoms with Crippen LogP contribution >= 0.6 is 11.8 Å². The third-order valence-corrected chi connectivity index (χ3v) is 3.61. The van der Waals surface area contributed by atoms with Crippen molar-refractivity contribution in [1.29, 1.82) is 0 Å². The Morgan fingerprint density at radius 1 is 1.44 bits per heavy atom. The van der Waals surface area contributed by atoms with Gasteiger partial charge in [0.2, 0.25) is 0 Å². The van der Waals surface area contributed by atoms with Crippen molar-refractivity contribution in [1.82, 2.24) is 4.90 Å². The number of carbonyl (C=O) groups is 2. The summed E-state index contributed by atoms with van der Waals surface area (Å²) in [6.45, 7) is 6.23. The van der Waals surface area contributed by atoms with Gasteiger partial charge in [0.15, 0.2) is 0 Å². The van der Waals surface area contributed by atoms with E-state index in [1.54, 1.807) is 4.90 Å². The largest absolute Gasteiger partial charge is 0.481 e. The number of nitrogens with zero attached hydrogens (tertiary/aromatic N) is 1. The van der Waals surface area contributed by atoms with Crippen LogP contribution < -0.4 is 0 Å². The minimum absolute atomic E-state index is 0.0820. The molecule has 0 radical (unpaired) electrons. The Balaban J connectivity index is 2.43. The average Bonchev–Trinajstić information content (AvgIpc) is 2.62. The van der Waals surface area contributed by atoms with Crippen LogP contribution in [0.1, 0.15) is 33.6 Å². The predicted octanol–water partition coefficient (Wildman–Crippen LogP) is 2.20. The molecule has 1 amide bonds. The molecule has 1 aliphatic heterocycles. The first-order valence-corrected chi connectivity index (χ1v) is 7.24. The number of rotatable bonds is 4. The van der Waals surface area contributed by atoms with Gasteiger partial charge in [-0.25, -0.2) is 4.79 Å². The third kappa shape index (κ3) is 5.16. The van der Waals surface area contributed by atoms with Crippen molar-refractivity contribution < 1.29 is 19.4 Å². The van der Waals surface area contributed by atoms with Gasteiger partial charge in [0.1, 0.15) is 5.60 Å². The third-order valence-electron chi connectivity index (χ3n) is 2.54. The van der Waals surface area contributed by atoms with Crippen LogP contribution in [-0.4, -0.2) is 51.8 Å². The van der Waals surface area contributed by atoms with Crippen LogP contribution in [0.15, 0.2) is 0 Å². The highest BCUT2D eigenvalue weighted by molar-refractivity contribution is 7.99. The summed E-state index contributed by atoms with van der Waals surface area (Å²) in [6.07, 6.45) is 1.59. The van der Waals surface area contributed by atoms with E-state index in [-0.39, 0.29) is 17.9 Å². The SMILES string of the molecule is CC(C)(C)OC(=O)N1CCC[C@@H]1CSCC(=O)O. The van der Waals surface area contributed by atoms with E-state index < -0.39 is 11.6 Å². The monoisotopic (exact) mass is 275 g/mol. The molecule has 1 saturated heterocycles. The second kappa shape index (κ2) is 6.31. The Hall–Kier alpha value is -0.910. The van der Waals surface area contributed by atoms with Gasteiger partial charge in [-0.1, -0.05) is 0 Å². The van der Waals surface area contributed by atoms with Crippen LogP contribution in [0.4, 0.5) is 4.79 Å². The molecule has 5 nitrogen and oxygen atoms in total. The maximum Gasteiger partial charge on any atom is 0.410 e. The van der Waals surface area contributed by atoms with E-state index >= 15 is 0 Å². The zero-order valence-corrected chi connectivity index (χ0v) is 12.0. The highest BCUT2D eigenvalue weighted by Crippen LogP contribution is 2.23. The molecule has 1 N–H and O–H groups in total. The maximum absolute atomic E-state index is 11.9. The minimum Gasteiger partial charge on any atom is -0.481 e. The molecule has 0 unspecified atom stereocenters. The fraction of sp³-hybridized carbons (Fsp3) is 0.833. The Kier molecular flexibility index (Phi) is 5.31. The summed E-state index contributed by atoms with van der Waals surface area (Å²) in [7, 11) is 0. The minimum atomic E-state index is -0.818. The molecule has 1 heterocycles. The van der Waals surface area contributed by atoms with Gasteiger partial charge in [-0.05, 0) is 33.6 Å². The lowest BCUT2D eigenvalue weighted by Gasteiger charge is -2.28. The summed E-state index contributed by atoms with van der Waals surface area (Å²) in [4.78, 5) is 24.1.